The van der Waals surface area contributed by atoms with Gasteiger partial charge in [-0.25, -0.2) is 4.98 Å². The highest BCUT2D eigenvalue weighted by atomic mass is 32.1. The van der Waals surface area contributed by atoms with Gasteiger partial charge < -0.3 is 10.1 Å². The molecule has 23 heavy (non-hydrogen) atoms. The summed E-state index contributed by atoms with van der Waals surface area (Å²) in [5, 5.41) is 5.37. The number of carbonyl (C=O) groups is 1. The number of hydrogen-bond donors (Lipinski definition) is 1. The summed E-state index contributed by atoms with van der Waals surface area (Å²) in [6.07, 6.45) is 3.41. The van der Waals surface area contributed by atoms with Crippen molar-refractivity contribution in [2.45, 2.75) is 6.92 Å². The Labute approximate surface area is 138 Å². The Morgan fingerprint density at radius 1 is 1.17 bits per heavy atom. The number of nitrogens with zero attached hydrogens (tertiary/aromatic N) is 2. The standard InChI is InChI=1S/C17H15N3O2S/c1-2-22-14-5-3-13(4-6-14)19-16(21)15-11-23-17(20-15)12-7-9-18-10-8-12/h3-11H,2H2,1H3,(H,19,21). The number of ether oxygens (including phenoxy) is 1. The van der Waals surface area contributed by atoms with E-state index in [1.165, 1.54) is 11.3 Å². The highest BCUT2D eigenvalue weighted by Crippen LogP contribution is 2.23. The lowest BCUT2D eigenvalue weighted by Crippen LogP contribution is -2.12. The van der Waals surface area contributed by atoms with Crippen molar-refractivity contribution in [2.24, 2.45) is 0 Å². The van der Waals surface area contributed by atoms with Gasteiger partial charge in [0.05, 0.1) is 6.61 Å². The fourth-order valence-electron chi connectivity index (χ4n) is 2.00. The Bertz CT molecular complexity index is 785. The second kappa shape index (κ2) is 7.02. The summed E-state index contributed by atoms with van der Waals surface area (Å²) in [4.78, 5) is 20.6. The molecule has 0 aliphatic rings. The van der Waals surface area contributed by atoms with E-state index < -0.39 is 0 Å². The summed E-state index contributed by atoms with van der Waals surface area (Å²) >= 11 is 1.43. The molecule has 0 fully saturated rings. The minimum Gasteiger partial charge on any atom is -0.494 e. The third-order valence-corrected chi connectivity index (χ3v) is 3.98. The summed E-state index contributed by atoms with van der Waals surface area (Å²) in [7, 11) is 0. The summed E-state index contributed by atoms with van der Waals surface area (Å²) in [5.41, 5.74) is 2.05. The number of benzene rings is 1. The normalized spacial score (nSPS) is 10.3. The molecule has 0 saturated carbocycles. The first kappa shape index (κ1) is 15.2. The van der Waals surface area contributed by atoms with Gasteiger partial charge in [0, 0.05) is 29.0 Å². The Kier molecular flexibility index (Phi) is 4.63. The highest BCUT2D eigenvalue weighted by Gasteiger charge is 2.12. The molecule has 0 aliphatic heterocycles. The van der Waals surface area contributed by atoms with Crippen molar-refractivity contribution in [2.75, 3.05) is 11.9 Å². The Morgan fingerprint density at radius 2 is 1.91 bits per heavy atom. The van der Waals surface area contributed by atoms with Crippen LogP contribution >= 0.6 is 11.3 Å². The van der Waals surface area contributed by atoms with Crippen LogP contribution in [0.1, 0.15) is 17.4 Å². The van der Waals surface area contributed by atoms with Crippen molar-refractivity contribution in [3.8, 4) is 16.3 Å². The molecule has 5 nitrogen and oxygen atoms in total. The first-order valence-electron chi connectivity index (χ1n) is 7.16. The number of nitrogens with one attached hydrogen (secondary N) is 1. The average Bonchev–Trinajstić information content (AvgIpc) is 3.08. The van der Waals surface area contributed by atoms with Crippen LogP contribution in [0.2, 0.25) is 0 Å². The highest BCUT2D eigenvalue weighted by molar-refractivity contribution is 7.13. The van der Waals surface area contributed by atoms with E-state index in [1.54, 1.807) is 29.9 Å². The van der Waals surface area contributed by atoms with Crippen molar-refractivity contribution in [3.05, 3.63) is 59.9 Å². The molecule has 0 atom stereocenters. The van der Waals surface area contributed by atoms with Crippen LogP contribution in [0.4, 0.5) is 5.69 Å². The van der Waals surface area contributed by atoms with Crippen LogP contribution in [0.5, 0.6) is 5.75 Å². The summed E-state index contributed by atoms with van der Waals surface area (Å²) in [5.74, 6) is 0.546. The van der Waals surface area contributed by atoms with Gasteiger partial charge >= 0.3 is 0 Å². The zero-order valence-electron chi connectivity index (χ0n) is 12.5. The molecule has 2 aromatic heterocycles. The predicted molar refractivity (Wildman–Crippen MR) is 90.9 cm³/mol. The minimum absolute atomic E-state index is 0.231. The van der Waals surface area contributed by atoms with E-state index in [4.69, 9.17) is 4.74 Å². The molecule has 116 valence electrons. The molecule has 1 N–H and O–H groups in total. The molecule has 0 unspecified atom stereocenters. The molecular formula is C17H15N3O2S. The zero-order valence-corrected chi connectivity index (χ0v) is 13.3. The van der Waals surface area contributed by atoms with E-state index in [1.807, 2.05) is 31.2 Å². The number of hydrogen-bond acceptors (Lipinski definition) is 5. The topological polar surface area (TPSA) is 64.1 Å². The second-order valence-corrected chi connectivity index (χ2v) is 5.54. The van der Waals surface area contributed by atoms with Crippen LogP contribution < -0.4 is 10.1 Å². The number of thiazole rings is 1. The smallest absolute Gasteiger partial charge is 0.275 e. The number of pyridine rings is 1. The average molecular weight is 325 g/mol. The van der Waals surface area contributed by atoms with Gasteiger partial charge in [-0.1, -0.05) is 0 Å². The number of carbonyl (C=O) groups excluding carboxylic acids is 1. The van der Waals surface area contributed by atoms with Gasteiger partial charge in [-0.15, -0.1) is 11.3 Å². The summed E-state index contributed by atoms with van der Waals surface area (Å²) < 4.78 is 5.37. The van der Waals surface area contributed by atoms with Crippen molar-refractivity contribution in [3.63, 3.8) is 0 Å². The summed E-state index contributed by atoms with van der Waals surface area (Å²) in [6, 6.07) is 11.0. The summed E-state index contributed by atoms with van der Waals surface area (Å²) in [6.45, 7) is 2.54. The van der Waals surface area contributed by atoms with Crippen molar-refractivity contribution in [1.82, 2.24) is 9.97 Å². The van der Waals surface area contributed by atoms with E-state index >= 15 is 0 Å². The van der Waals surface area contributed by atoms with E-state index in [-0.39, 0.29) is 5.91 Å². The maximum absolute atomic E-state index is 12.3. The molecule has 3 rings (SSSR count). The largest absolute Gasteiger partial charge is 0.494 e. The van der Waals surface area contributed by atoms with Gasteiger partial charge in [0.2, 0.25) is 0 Å². The van der Waals surface area contributed by atoms with Crippen molar-refractivity contribution >= 4 is 22.9 Å². The molecule has 1 aromatic carbocycles. The maximum Gasteiger partial charge on any atom is 0.275 e. The van der Waals surface area contributed by atoms with Gasteiger partial charge in [0.25, 0.3) is 5.91 Å². The number of amides is 1. The van der Waals surface area contributed by atoms with E-state index in [2.05, 4.69) is 15.3 Å². The second-order valence-electron chi connectivity index (χ2n) is 4.69. The fraction of sp³-hybridized carbons (Fsp3) is 0.118. The predicted octanol–water partition coefficient (Wildman–Crippen LogP) is 3.86. The molecule has 0 aliphatic carbocycles. The van der Waals surface area contributed by atoms with Gasteiger partial charge in [-0.05, 0) is 43.3 Å². The number of anilines is 1. The molecule has 1 amide bonds. The lowest BCUT2D eigenvalue weighted by molar-refractivity contribution is 0.102. The maximum atomic E-state index is 12.3. The third-order valence-electron chi connectivity index (χ3n) is 3.09. The van der Waals surface area contributed by atoms with E-state index in [0.29, 0.717) is 18.0 Å². The quantitative estimate of drug-likeness (QED) is 0.774. The first-order valence-corrected chi connectivity index (χ1v) is 8.04. The van der Waals surface area contributed by atoms with E-state index in [9.17, 15) is 4.79 Å². The molecule has 0 spiro atoms. The molecule has 0 bridgehead atoms. The Morgan fingerprint density at radius 3 is 2.61 bits per heavy atom. The lowest BCUT2D eigenvalue weighted by Gasteiger charge is -2.05. The van der Waals surface area contributed by atoms with Crippen LogP contribution in [0.25, 0.3) is 10.6 Å². The molecule has 6 heteroatoms. The number of aromatic nitrogens is 2. The Balaban J connectivity index is 1.70. The molecule has 0 saturated heterocycles. The Hall–Kier alpha value is -2.73. The van der Waals surface area contributed by atoms with Crippen LogP contribution in [0.3, 0.4) is 0 Å². The van der Waals surface area contributed by atoms with Crippen LogP contribution in [-0.2, 0) is 0 Å². The monoisotopic (exact) mass is 325 g/mol. The molecule has 0 radical (unpaired) electrons. The van der Waals surface area contributed by atoms with Gasteiger partial charge in [0.15, 0.2) is 0 Å². The lowest BCUT2D eigenvalue weighted by atomic mass is 10.3. The van der Waals surface area contributed by atoms with Gasteiger partial charge in [0.1, 0.15) is 16.5 Å². The molecule has 2 heterocycles. The van der Waals surface area contributed by atoms with Crippen LogP contribution in [0, 0.1) is 0 Å². The number of rotatable bonds is 5. The fourth-order valence-corrected chi connectivity index (χ4v) is 2.81. The van der Waals surface area contributed by atoms with Gasteiger partial charge in [-0.3, -0.25) is 9.78 Å². The van der Waals surface area contributed by atoms with E-state index in [0.717, 1.165) is 16.3 Å². The van der Waals surface area contributed by atoms with Crippen molar-refractivity contribution in [1.29, 1.82) is 0 Å². The van der Waals surface area contributed by atoms with Crippen LogP contribution in [0.15, 0.2) is 54.2 Å². The molecule has 3 aromatic rings. The van der Waals surface area contributed by atoms with Crippen LogP contribution in [-0.4, -0.2) is 22.5 Å². The van der Waals surface area contributed by atoms with Gasteiger partial charge in [-0.2, -0.15) is 0 Å². The SMILES string of the molecule is CCOc1ccc(NC(=O)c2csc(-c3ccncc3)n2)cc1. The minimum atomic E-state index is -0.231. The van der Waals surface area contributed by atoms with Crippen molar-refractivity contribution < 1.29 is 9.53 Å². The third kappa shape index (κ3) is 3.73. The molecular weight excluding hydrogens is 310 g/mol. The first-order chi connectivity index (χ1) is 11.3. The zero-order chi connectivity index (χ0) is 16.1.